The van der Waals surface area contributed by atoms with Gasteiger partial charge in [0.05, 0.1) is 0 Å². The molecule has 98 valence electrons. The number of carboxylic acid groups (broad SMARTS) is 1. The van der Waals surface area contributed by atoms with Gasteiger partial charge in [0.15, 0.2) is 0 Å². The number of aliphatic carboxylic acids is 1. The molecule has 2 rings (SSSR count). The van der Waals surface area contributed by atoms with Crippen molar-refractivity contribution in [2.75, 3.05) is 18.0 Å². The Hall–Kier alpha value is -1.26. The van der Waals surface area contributed by atoms with Crippen molar-refractivity contribution in [3.63, 3.8) is 0 Å². The van der Waals surface area contributed by atoms with Crippen LogP contribution >= 0.6 is 11.6 Å². The van der Waals surface area contributed by atoms with E-state index in [1.165, 1.54) is 12.8 Å². The predicted molar refractivity (Wildman–Crippen MR) is 72.2 cm³/mol. The molecule has 1 fully saturated rings. The van der Waals surface area contributed by atoms with Crippen LogP contribution in [0.1, 0.15) is 18.4 Å². The molecule has 3 N–H and O–H groups in total. The molecule has 0 aromatic heterocycles. The van der Waals surface area contributed by atoms with Crippen molar-refractivity contribution < 1.29 is 9.90 Å². The molecule has 0 bridgehead atoms. The summed E-state index contributed by atoms with van der Waals surface area (Å²) in [5.41, 5.74) is 7.40. The van der Waals surface area contributed by atoms with E-state index in [9.17, 15) is 4.79 Å². The van der Waals surface area contributed by atoms with Gasteiger partial charge in [-0.3, -0.25) is 4.79 Å². The van der Waals surface area contributed by atoms with E-state index in [1.807, 2.05) is 18.2 Å². The molecular formula is C13H17ClN2O2. The molecule has 1 heterocycles. The minimum atomic E-state index is -1.00. The SMILES string of the molecule is NC(Cc1ccc(N2CCCC2)cc1Cl)C(=O)O. The largest absolute Gasteiger partial charge is 0.480 e. The van der Waals surface area contributed by atoms with Crippen molar-refractivity contribution in [2.45, 2.75) is 25.3 Å². The van der Waals surface area contributed by atoms with Crippen LogP contribution in [0.2, 0.25) is 5.02 Å². The minimum Gasteiger partial charge on any atom is -0.480 e. The van der Waals surface area contributed by atoms with Crippen molar-refractivity contribution in [3.8, 4) is 0 Å². The molecule has 0 aliphatic carbocycles. The van der Waals surface area contributed by atoms with Gasteiger partial charge >= 0.3 is 5.97 Å². The quantitative estimate of drug-likeness (QED) is 0.875. The van der Waals surface area contributed by atoms with E-state index in [2.05, 4.69) is 4.90 Å². The predicted octanol–water partition coefficient (Wildman–Crippen LogP) is 1.89. The molecule has 0 radical (unpaired) electrons. The van der Waals surface area contributed by atoms with Crippen LogP contribution in [0.3, 0.4) is 0 Å². The maximum Gasteiger partial charge on any atom is 0.320 e. The van der Waals surface area contributed by atoms with E-state index in [0.717, 1.165) is 24.3 Å². The average Bonchev–Trinajstić information content (AvgIpc) is 2.85. The first-order valence-electron chi connectivity index (χ1n) is 6.09. The summed E-state index contributed by atoms with van der Waals surface area (Å²) < 4.78 is 0. The van der Waals surface area contributed by atoms with Gasteiger partial charge in [0.25, 0.3) is 0 Å². The molecule has 1 aliphatic rings. The standard InChI is InChI=1S/C13H17ClN2O2/c14-11-8-10(16-5-1-2-6-16)4-3-9(11)7-12(15)13(17)18/h3-4,8,12H,1-2,5-7,15H2,(H,17,18). The lowest BCUT2D eigenvalue weighted by molar-refractivity contribution is -0.138. The Morgan fingerprint density at radius 3 is 2.67 bits per heavy atom. The Morgan fingerprint density at radius 1 is 1.44 bits per heavy atom. The number of halogens is 1. The maximum atomic E-state index is 10.7. The van der Waals surface area contributed by atoms with Crippen molar-refractivity contribution >= 4 is 23.3 Å². The second kappa shape index (κ2) is 5.59. The zero-order valence-electron chi connectivity index (χ0n) is 10.1. The Bertz CT molecular complexity index is 445. The van der Waals surface area contributed by atoms with Crippen LogP contribution in [0, 0.1) is 0 Å². The number of anilines is 1. The van der Waals surface area contributed by atoms with Crippen molar-refractivity contribution in [2.24, 2.45) is 5.73 Å². The highest BCUT2D eigenvalue weighted by Crippen LogP contribution is 2.26. The Morgan fingerprint density at radius 2 is 2.11 bits per heavy atom. The van der Waals surface area contributed by atoms with E-state index < -0.39 is 12.0 Å². The average molecular weight is 269 g/mol. The fourth-order valence-electron chi connectivity index (χ4n) is 2.20. The van der Waals surface area contributed by atoms with Crippen LogP contribution in [0.4, 0.5) is 5.69 Å². The van der Waals surface area contributed by atoms with Gasteiger partial charge < -0.3 is 15.7 Å². The van der Waals surface area contributed by atoms with E-state index in [-0.39, 0.29) is 6.42 Å². The van der Waals surface area contributed by atoms with Crippen molar-refractivity contribution in [1.29, 1.82) is 0 Å². The molecule has 0 saturated carbocycles. The van der Waals surface area contributed by atoms with Crippen molar-refractivity contribution in [1.82, 2.24) is 0 Å². The molecule has 1 aliphatic heterocycles. The lowest BCUT2D eigenvalue weighted by Gasteiger charge is -2.19. The molecule has 1 aromatic rings. The summed E-state index contributed by atoms with van der Waals surface area (Å²) in [6, 6.07) is 4.86. The van der Waals surface area contributed by atoms with E-state index >= 15 is 0 Å². The minimum absolute atomic E-state index is 0.258. The molecule has 4 nitrogen and oxygen atoms in total. The first-order valence-corrected chi connectivity index (χ1v) is 6.47. The first-order chi connectivity index (χ1) is 8.58. The molecule has 18 heavy (non-hydrogen) atoms. The number of carbonyl (C=O) groups is 1. The zero-order valence-corrected chi connectivity index (χ0v) is 10.9. The molecule has 0 spiro atoms. The van der Waals surface area contributed by atoms with Gasteiger partial charge in [0.2, 0.25) is 0 Å². The normalized spacial score (nSPS) is 16.9. The fraction of sp³-hybridized carbons (Fsp3) is 0.462. The van der Waals surface area contributed by atoms with Crippen LogP contribution in [0.15, 0.2) is 18.2 Å². The molecule has 1 atom stereocenters. The van der Waals surface area contributed by atoms with Gasteiger partial charge in [-0.15, -0.1) is 0 Å². The van der Waals surface area contributed by atoms with Crippen LogP contribution in [-0.4, -0.2) is 30.2 Å². The molecule has 5 heteroatoms. The van der Waals surface area contributed by atoms with Gasteiger partial charge in [-0.2, -0.15) is 0 Å². The third kappa shape index (κ3) is 2.94. The molecular weight excluding hydrogens is 252 g/mol. The van der Waals surface area contributed by atoms with Gasteiger partial charge in [0, 0.05) is 23.8 Å². The summed E-state index contributed by atoms with van der Waals surface area (Å²) >= 11 is 6.18. The van der Waals surface area contributed by atoms with Gasteiger partial charge in [0.1, 0.15) is 6.04 Å². The highest BCUT2D eigenvalue weighted by molar-refractivity contribution is 6.31. The zero-order chi connectivity index (χ0) is 13.1. The maximum absolute atomic E-state index is 10.7. The third-order valence-electron chi connectivity index (χ3n) is 3.26. The van der Waals surface area contributed by atoms with E-state index in [1.54, 1.807) is 0 Å². The van der Waals surface area contributed by atoms with Gasteiger partial charge in [-0.05, 0) is 37.0 Å². The summed E-state index contributed by atoms with van der Waals surface area (Å²) in [6.45, 7) is 2.12. The van der Waals surface area contributed by atoms with Gasteiger partial charge in [-0.1, -0.05) is 17.7 Å². The number of nitrogens with zero attached hydrogens (tertiary/aromatic N) is 1. The topological polar surface area (TPSA) is 66.6 Å². The number of benzene rings is 1. The summed E-state index contributed by atoms with van der Waals surface area (Å²) in [7, 11) is 0. The number of hydrogen-bond donors (Lipinski definition) is 2. The summed E-state index contributed by atoms with van der Waals surface area (Å²) in [5, 5.41) is 9.38. The number of carboxylic acids is 1. The van der Waals surface area contributed by atoms with Crippen LogP contribution in [0.25, 0.3) is 0 Å². The number of nitrogens with two attached hydrogens (primary N) is 1. The second-order valence-corrected chi connectivity index (χ2v) is 5.03. The smallest absolute Gasteiger partial charge is 0.320 e. The highest BCUT2D eigenvalue weighted by Gasteiger charge is 2.16. The monoisotopic (exact) mass is 268 g/mol. The summed E-state index contributed by atoms with van der Waals surface area (Å²) in [6.07, 6.45) is 2.68. The summed E-state index contributed by atoms with van der Waals surface area (Å²) in [5.74, 6) is -1.00. The van der Waals surface area contributed by atoms with Crippen molar-refractivity contribution in [3.05, 3.63) is 28.8 Å². The van der Waals surface area contributed by atoms with E-state index in [0.29, 0.717) is 5.02 Å². The second-order valence-electron chi connectivity index (χ2n) is 4.62. The summed E-state index contributed by atoms with van der Waals surface area (Å²) in [4.78, 5) is 13.0. The lowest BCUT2D eigenvalue weighted by Crippen LogP contribution is -2.32. The van der Waals surface area contributed by atoms with Crippen LogP contribution < -0.4 is 10.6 Å². The molecule has 1 unspecified atom stereocenters. The Labute approximate surface area is 111 Å². The van der Waals surface area contributed by atoms with Gasteiger partial charge in [-0.25, -0.2) is 0 Å². The molecule has 1 aromatic carbocycles. The number of rotatable bonds is 4. The number of hydrogen-bond acceptors (Lipinski definition) is 3. The Kier molecular flexibility index (Phi) is 4.09. The third-order valence-corrected chi connectivity index (χ3v) is 3.62. The first kappa shape index (κ1) is 13.2. The fourth-order valence-corrected chi connectivity index (χ4v) is 2.45. The molecule has 1 saturated heterocycles. The van der Waals surface area contributed by atoms with Crippen LogP contribution in [-0.2, 0) is 11.2 Å². The lowest BCUT2D eigenvalue weighted by atomic mass is 10.1. The highest BCUT2D eigenvalue weighted by atomic mass is 35.5. The molecule has 0 amide bonds. The van der Waals surface area contributed by atoms with E-state index in [4.69, 9.17) is 22.4 Å². The van der Waals surface area contributed by atoms with Crippen LogP contribution in [0.5, 0.6) is 0 Å². The Balaban J connectivity index is 2.12.